The molecule has 4 aromatic rings. The van der Waals surface area contributed by atoms with Gasteiger partial charge in [-0.3, -0.25) is 4.40 Å². The Kier molecular flexibility index (Phi) is 6.17. The van der Waals surface area contributed by atoms with E-state index in [1.807, 2.05) is 4.40 Å². The number of rotatable bonds is 9. The summed E-state index contributed by atoms with van der Waals surface area (Å²) < 4.78 is 21.5. The van der Waals surface area contributed by atoms with E-state index in [9.17, 15) is 9.50 Å². The van der Waals surface area contributed by atoms with Crippen molar-refractivity contribution in [3.05, 3.63) is 71.8 Å². The fourth-order valence-corrected chi connectivity index (χ4v) is 3.89. The van der Waals surface area contributed by atoms with Crippen LogP contribution in [0.1, 0.15) is 37.8 Å². The molecule has 0 saturated heterocycles. The van der Waals surface area contributed by atoms with E-state index in [-0.39, 0.29) is 18.2 Å². The summed E-state index contributed by atoms with van der Waals surface area (Å²) in [6, 6.07) is 13.0. The first-order chi connectivity index (χ1) is 16.7. The van der Waals surface area contributed by atoms with E-state index in [2.05, 4.69) is 45.7 Å². The lowest BCUT2D eigenvalue weighted by Crippen LogP contribution is -2.29. The molecule has 1 aliphatic rings. The lowest BCUT2D eigenvalue weighted by molar-refractivity contribution is 0.0944. The molecule has 8 heteroatoms. The summed E-state index contributed by atoms with van der Waals surface area (Å²) in [6.07, 6.45) is 6.07. The maximum atomic E-state index is 13.7. The number of aromatic nitrogens is 3. The van der Waals surface area contributed by atoms with Gasteiger partial charge >= 0.3 is 0 Å². The summed E-state index contributed by atoms with van der Waals surface area (Å²) in [5.41, 5.74) is 4.03. The van der Waals surface area contributed by atoms with E-state index in [4.69, 9.17) is 4.74 Å². The summed E-state index contributed by atoms with van der Waals surface area (Å²) >= 11 is 0. The highest BCUT2D eigenvalue weighted by molar-refractivity contribution is 5.72. The fraction of sp³-hybridized carbons (Fsp3) is 0.333. The summed E-state index contributed by atoms with van der Waals surface area (Å²) in [7, 11) is 0. The van der Waals surface area contributed by atoms with Gasteiger partial charge in [-0.15, -0.1) is 0 Å². The number of aliphatic hydroxyl groups is 1. The third-order valence-corrected chi connectivity index (χ3v) is 5.97. The summed E-state index contributed by atoms with van der Waals surface area (Å²) in [5, 5.41) is 17.0. The van der Waals surface area contributed by atoms with Crippen LogP contribution in [0.2, 0.25) is 0 Å². The average Bonchev–Trinajstić information content (AvgIpc) is 3.53. The van der Waals surface area contributed by atoms with Crippen molar-refractivity contribution < 1.29 is 14.2 Å². The van der Waals surface area contributed by atoms with Gasteiger partial charge in [-0.1, -0.05) is 18.2 Å². The largest absolute Gasteiger partial charge is 0.437 e. The zero-order valence-corrected chi connectivity index (χ0v) is 20.2. The van der Waals surface area contributed by atoms with Gasteiger partial charge in [0.15, 0.2) is 11.5 Å². The molecule has 1 fully saturated rings. The molecule has 35 heavy (non-hydrogen) atoms. The number of nitrogens with zero attached hydrogens (tertiary/aromatic N) is 3. The van der Waals surface area contributed by atoms with Gasteiger partial charge in [-0.05, 0) is 62.9 Å². The minimum Gasteiger partial charge on any atom is -0.437 e. The molecule has 182 valence electrons. The van der Waals surface area contributed by atoms with Gasteiger partial charge in [0.1, 0.15) is 11.6 Å². The number of hydrogen-bond acceptors (Lipinski definition) is 6. The number of nitrogens with one attached hydrogen (secondary N) is 2. The Hall–Kier alpha value is -3.49. The number of anilines is 1. The molecule has 5 rings (SSSR count). The molecular weight excluding hydrogens is 445 g/mol. The summed E-state index contributed by atoms with van der Waals surface area (Å²) in [4.78, 5) is 9.16. The van der Waals surface area contributed by atoms with Crippen LogP contribution >= 0.6 is 0 Å². The normalized spacial score (nSPS) is 13.9. The van der Waals surface area contributed by atoms with Crippen LogP contribution in [0.3, 0.4) is 0 Å². The molecule has 0 unspecified atom stereocenters. The maximum absolute atomic E-state index is 13.7. The smallest absolute Gasteiger partial charge is 0.238 e. The van der Waals surface area contributed by atoms with Crippen molar-refractivity contribution in [2.75, 3.05) is 11.9 Å². The summed E-state index contributed by atoms with van der Waals surface area (Å²) in [5.74, 6) is 0.700. The number of aryl methyl sites for hydroxylation is 1. The van der Waals surface area contributed by atoms with Gasteiger partial charge in [0.05, 0.1) is 23.7 Å². The predicted molar refractivity (Wildman–Crippen MR) is 134 cm³/mol. The molecular formula is C27H30FN5O2. The Bertz CT molecular complexity index is 1360. The van der Waals surface area contributed by atoms with Crippen molar-refractivity contribution in [3.63, 3.8) is 0 Å². The summed E-state index contributed by atoms with van der Waals surface area (Å²) in [6.45, 7) is 6.67. The van der Waals surface area contributed by atoms with E-state index in [1.165, 1.54) is 36.1 Å². The number of fused-ring (bicyclic) bond motifs is 1. The van der Waals surface area contributed by atoms with Crippen LogP contribution in [-0.4, -0.2) is 37.7 Å². The van der Waals surface area contributed by atoms with Gasteiger partial charge in [0.2, 0.25) is 5.88 Å². The van der Waals surface area contributed by atoms with Crippen LogP contribution < -0.4 is 15.4 Å². The van der Waals surface area contributed by atoms with Crippen molar-refractivity contribution >= 4 is 11.5 Å². The van der Waals surface area contributed by atoms with Crippen LogP contribution in [-0.2, 0) is 6.54 Å². The van der Waals surface area contributed by atoms with Crippen LogP contribution in [0.4, 0.5) is 10.2 Å². The molecule has 0 radical (unpaired) electrons. The van der Waals surface area contributed by atoms with Crippen molar-refractivity contribution in [2.24, 2.45) is 0 Å². The lowest BCUT2D eigenvalue weighted by Gasteiger charge is -2.19. The second kappa shape index (κ2) is 9.28. The second-order valence-electron chi connectivity index (χ2n) is 9.79. The van der Waals surface area contributed by atoms with Crippen LogP contribution in [0, 0.1) is 12.7 Å². The van der Waals surface area contributed by atoms with E-state index in [0.29, 0.717) is 23.3 Å². The van der Waals surface area contributed by atoms with E-state index >= 15 is 0 Å². The molecule has 0 atom stereocenters. The van der Waals surface area contributed by atoms with Gasteiger partial charge < -0.3 is 20.5 Å². The number of halogens is 1. The second-order valence-corrected chi connectivity index (χ2v) is 9.79. The quantitative estimate of drug-likeness (QED) is 0.313. The Morgan fingerprint density at radius 1 is 1.20 bits per heavy atom. The Morgan fingerprint density at radius 3 is 2.74 bits per heavy atom. The monoisotopic (exact) mass is 475 g/mol. The standard InChI is InChI=1S/C27H30FN5O2/c1-17-11-18(7-8-19(17)13-29-21-9-10-21)23-14-30-26-25(31-16-27(2,3)34)32-24(15-33(23)26)35-22-6-4-5-20(28)12-22/h4-8,11-12,14-15,21,29,34H,9-10,13,16H2,1-3H3,(H,31,32). The van der Waals surface area contributed by atoms with Crippen molar-refractivity contribution in [3.8, 4) is 22.9 Å². The maximum Gasteiger partial charge on any atom is 0.238 e. The van der Waals surface area contributed by atoms with Crippen molar-refractivity contribution in [1.82, 2.24) is 19.7 Å². The van der Waals surface area contributed by atoms with Gasteiger partial charge in [-0.2, -0.15) is 4.98 Å². The predicted octanol–water partition coefficient (Wildman–Crippen LogP) is 5.07. The minimum absolute atomic E-state index is 0.267. The molecule has 1 aliphatic carbocycles. The van der Waals surface area contributed by atoms with Gasteiger partial charge in [0, 0.05) is 30.8 Å². The highest BCUT2D eigenvalue weighted by atomic mass is 19.1. The molecule has 0 amide bonds. The highest BCUT2D eigenvalue weighted by Crippen LogP contribution is 2.30. The van der Waals surface area contributed by atoms with Crippen LogP contribution in [0.5, 0.6) is 11.6 Å². The molecule has 2 aromatic heterocycles. The van der Waals surface area contributed by atoms with Crippen LogP contribution in [0.25, 0.3) is 16.9 Å². The van der Waals surface area contributed by atoms with Crippen LogP contribution in [0.15, 0.2) is 54.9 Å². The fourth-order valence-electron chi connectivity index (χ4n) is 3.89. The third-order valence-electron chi connectivity index (χ3n) is 5.97. The third kappa shape index (κ3) is 5.61. The Morgan fingerprint density at radius 2 is 2.03 bits per heavy atom. The average molecular weight is 476 g/mol. The zero-order valence-electron chi connectivity index (χ0n) is 20.2. The molecule has 2 heterocycles. The van der Waals surface area contributed by atoms with Gasteiger partial charge in [-0.25, -0.2) is 9.37 Å². The molecule has 2 aromatic carbocycles. The molecule has 7 nitrogen and oxygen atoms in total. The Labute approximate surface area is 204 Å². The molecule has 3 N–H and O–H groups in total. The number of benzene rings is 2. The first kappa shape index (κ1) is 23.3. The molecule has 0 aliphatic heterocycles. The molecule has 1 saturated carbocycles. The van der Waals surface area contributed by atoms with Crippen molar-refractivity contribution in [1.29, 1.82) is 0 Å². The van der Waals surface area contributed by atoms with E-state index in [1.54, 1.807) is 38.4 Å². The van der Waals surface area contributed by atoms with Crippen molar-refractivity contribution in [2.45, 2.75) is 51.8 Å². The SMILES string of the molecule is Cc1cc(-c2cnc3c(NCC(C)(C)O)nc(Oc4cccc(F)c4)cn23)ccc1CNC1CC1. The Balaban J connectivity index is 1.52. The van der Waals surface area contributed by atoms with E-state index < -0.39 is 5.60 Å². The zero-order chi connectivity index (χ0) is 24.6. The number of imidazole rings is 1. The first-order valence-electron chi connectivity index (χ1n) is 11.9. The van der Waals surface area contributed by atoms with Gasteiger partial charge in [0.25, 0.3) is 0 Å². The topological polar surface area (TPSA) is 83.7 Å². The minimum atomic E-state index is -0.949. The molecule has 0 spiro atoms. The lowest BCUT2D eigenvalue weighted by atomic mass is 10.0. The highest BCUT2D eigenvalue weighted by Gasteiger charge is 2.21. The molecule has 0 bridgehead atoms. The van der Waals surface area contributed by atoms with E-state index in [0.717, 1.165) is 17.8 Å². The number of hydrogen-bond donors (Lipinski definition) is 3. The first-order valence-corrected chi connectivity index (χ1v) is 11.9. The number of ether oxygens (including phenoxy) is 1.